The molecule has 0 unspecified atom stereocenters. The number of carbonyl (C=O) groups is 2. The molecule has 5 aromatic rings. The van der Waals surface area contributed by atoms with Crippen LogP contribution in [0.25, 0.3) is 10.8 Å². The number of aliphatic carboxylic acids is 1. The maximum Gasteiger partial charge on any atom is 0.322 e. The van der Waals surface area contributed by atoms with Gasteiger partial charge in [0.2, 0.25) is 0 Å². The van der Waals surface area contributed by atoms with E-state index < -0.39 is 18.4 Å². The molecule has 0 radical (unpaired) electrons. The zero-order valence-corrected chi connectivity index (χ0v) is 22.2. The minimum absolute atomic E-state index is 0.232. The molecule has 206 valence electrons. The molecule has 8 nitrogen and oxygen atoms in total. The van der Waals surface area contributed by atoms with Crippen LogP contribution < -0.4 is 10.1 Å². The van der Waals surface area contributed by atoms with Crippen LogP contribution in [-0.2, 0) is 24.4 Å². The predicted molar refractivity (Wildman–Crippen MR) is 156 cm³/mol. The van der Waals surface area contributed by atoms with E-state index in [0.717, 1.165) is 11.1 Å². The second kappa shape index (κ2) is 12.8. The quantitative estimate of drug-likeness (QED) is 0.193. The van der Waals surface area contributed by atoms with Gasteiger partial charge in [-0.2, -0.15) is 0 Å². The van der Waals surface area contributed by atoms with Gasteiger partial charge in [-0.15, -0.1) is 0 Å². The summed E-state index contributed by atoms with van der Waals surface area (Å²) < 4.78 is 6.05. The summed E-state index contributed by atoms with van der Waals surface area (Å²) in [5.74, 6) is -1.08. The number of ether oxygens (including phenoxy) is 1. The number of aromatic hydroxyl groups is 1. The number of para-hydroxylation sites is 1. The summed E-state index contributed by atoms with van der Waals surface area (Å²) in [7, 11) is 0. The summed E-state index contributed by atoms with van der Waals surface area (Å²) in [6.45, 7) is 0.973. The first-order valence-corrected chi connectivity index (χ1v) is 13.1. The molecule has 0 aliphatic carbocycles. The fourth-order valence-electron chi connectivity index (χ4n) is 4.61. The number of rotatable bonds is 11. The van der Waals surface area contributed by atoms with Gasteiger partial charge >= 0.3 is 5.97 Å². The average Bonchev–Trinajstić information content (AvgIpc) is 2.99. The Morgan fingerprint density at radius 3 is 1.90 bits per heavy atom. The van der Waals surface area contributed by atoms with Crippen LogP contribution in [0, 0.1) is 0 Å². The van der Waals surface area contributed by atoms with E-state index in [4.69, 9.17) is 9.84 Å². The molecular weight excluding hydrogens is 518 g/mol. The van der Waals surface area contributed by atoms with Gasteiger partial charge in [0.1, 0.15) is 18.0 Å². The molecule has 0 aliphatic rings. The highest BCUT2D eigenvalue weighted by Gasteiger charge is 2.22. The normalized spacial score (nSPS) is 11.0. The molecule has 1 heterocycles. The number of nitrogens with one attached hydrogen (secondary N) is 1. The monoisotopic (exact) mass is 547 g/mol. The Morgan fingerprint density at radius 2 is 1.32 bits per heavy atom. The van der Waals surface area contributed by atoms with Gasteiger partial charge < -0.3 is 20.3 Å². The number of amides is 1. The molecule has 0 spiro atoms. The largest absolute Gasteiger partial charge is 0.505 e. The van der Waals surface area contributed by atoms with Gasteiger partial charge in [0, 0.05) is 30.4 Å². The number of carboxylic acid groups (broad SMARTS) is 1. The standard InChI is InChI=1S/C33H29N3O5/c37-30(38)19-34-33(40)31-32(39)27-17-16-26(41-25-14-8-3-9-15-25)18-28(27)29(35-31)22-36(20-23-10-4-1-5-11-23)21-24-12-6-2-7-13-24/h1-18,39H,19-22H2,(H,34,40)(H,37,38). The zero-order valence-electron chi connectivity index (χ0n) is 22.2. The van der Waals surface area contributed by atoms with Gasteiger partial charge in [0.25, 0.3) is 5.91 Å². The van der Waals surface area contributed by atoms with Crippen LogP contribution in [-0.4, -0.2) is 38.5 Å². The van der Waals surface area contributed by atoms with Crippen molar-refractivity contribution in [2.24, 2.45) is 0 Å². The SMILES string of the molecule is O=C(O)CNC(=O)c1nc(CN(Cc2ccccc2)Cc2ccccc2)c2cc(Oc3ccccc3)ccc2c1O. The van der Waals surface area contributed by atoms with E-state index in [1.54, 1.807) is 18.2 Å². The Bertz CT molecular complexity index is 1600. The molecule has 41 heavy (non-hydrogen) atoms. The number of fused-ring (bicyclic) bond motifs is 1. The van der Waals surface area contributed by atoms with Gasteiger partial charge in [-0.1, -0.05) is 78.9 Å². The lowest BCUT2D eigenvalue weighted by Crippen LogP contribution is -2.30. The number of hydrogen-bond donors (Lipinski definition) is 3. The lowest BCUT2D eigenvalue weighted by molar-refractivity contribution is -0.135. The van der Waals surface area contributed by atoms with Crippen molar-refractivity contribution in [3.8, 4) is 17.2 Å². The average molecular weight is 548 g/mol. The first-order chi connectivity index (χ1) is 20.0. The van der Waals surface area contributed by atoms with Gasteiger partial charge in [0.05, 0.1) is 5.69 Å². The third-order valence-electron chi connectivity index (χ3n) is 6.49. The molecule has 8 heteroatoms. The highest BCUT2D eigenvalue weighted by Crippen LogP contribution is 2.34. The Labute approximate surface area is 237 Å². The molecule has 0 saturated carbocycles. The van der Waals surface area contributed by atoms with E-state index in [1.165, 1.54) is 0 Å². The van der Waals surface area contributed by atoms with Crippen molar-refractivity contribution in [1.29, 1.82) is 0 Å². The zero-order chi connectivity index (χ0) is 28.6. The van der Waals surface area contributed by atoms with Crippen LogP contribution in [0.5, 0.6) is 17.2 Å². The molecule has 0 bridgehead atoms. The molecule has 0 fully saturated rings. The molecular formula is C33H29N3O5. The Balaban J connectivity index is 1.57. The number of hydrogen-bond acceptors (Lipinski definition) is 6. The maximum atomic E-state index is 12.9. The van der Waals surface area contributed by atoms with E-state index in [9.17, 15) is 14.7 Å². The molecule has 0 saturated heterocycles. The van der Waals surface area contributed by atoms with Gasteiger partial charge in [-0.3, -0.25) is 14.5 Å². The van der Waals surface area contributed by atoms with E-state index in [0.29, 0.717) is 47.6 Å². The molecule has 1 aromatic heterocycles. The number of benzene rings is 4. The summed E-state index contributed by atoms with van der Waals surface area (Å²) in [6, 6.07) is 34.6. The Kier molecular flexibility index (Phi) is 8.52. The summed E-state index contributed by atoms with van der Waals surface area (Å²) in [6.07, 6.45) is 0. The number of pyridine rings is 1. The van der Waals surface area contributed by atoms with Crippen molar-refractivity contribution in [2.45, 2.75) is 19.6 Å². The van der Waals surface area contributed by atoms with E-state index >= 15 is 0 Å². The van der Waals surface area contributed by atoms with Gasteiger partial charge in [-0.25, -0.2) is 4.98 Å². The second-order valence-corrected chi connectivity index (χ2v) is 9.57. The fourth-order valence-corrected chi connectivity index (χ4v) is 4.61. The highest BCUT2D eigenvalue weighted by molar-refractivity contribution is 6.03. The van der Waals surface area contributed by atoms with Crippen molar-refractivity contribution < 1.29 is 24.5 Å². The van der Waals surface area contributed by atoms with E-state index in [1.807, 2.05) is 66.7 Å². The molecule has 0 atom stereocenters. The van der Waals surface area contributed by atoms with Crippen LogP contribution in [0.15, 0.2) is 109 Å². The highest BCUT2D eigenvalue weighted by atomic mass is 16.5. The summed E-state index contributed by atoms with van der Waals surface area (Å²) in [5.41, 5.74) is 2.53. The van der Waals surface area contributed by atoms with Crippen molar-refractivity contribution in [3.63, 3.8) is 0 Å². The fraction of sp³-hybridized carbons (Fsp3) is 0.121. The second-order valence-electron chi connectivity index (χ2n) is 9.57. The maximum absolute atomic E-state index is 12.9. The molecule has 4 aromatic carbocycles. The lowest BCUT2D eigenvalue weighted by Gasteiger charge is -2.24. The smallest absolute Gasteiger partial charge is 0.322 e. The Morgan fingerprint density at radius 1 is 0.732 bits per heavy atom. The van der Waals surface area contributed by atoms with E-state index in [-0.39, 0.29) is 11.4 Å². The van der Waals surface area contributed by atoms with Crippen molar-refractivity contribution in [2.75, 3.05) is 6.54 Å². The lowest BCUT2D eigenvalue weighted by atomic mass is 10.0. The van der Waals surface area contributed by atoms with Gasteiger partial charge in [-0.05, 0) is 41.5 Å². The van der Waals surface area contributed by atoms with E-state index in [2.05, 4.69) is 39.5 Å². The van der Waals surface area contributed by atoms with Crippen LogP contribution in [0.1, 0.15) is 27.3 Å². The third-order valence-corrected chi connectivity index (χ3v) is 6.49. The number of aromatic nitrogens is 1. The molecule has 3 N–H and O–H groups in total. The number of carbonyl (C=O) groups excluding carboxylic acids is 1. The van der Waals surface area contributed by atoms with Crippen LogP contribution in [0.2, 0.25) is 0 Å². The Hall–Kier alpha value is -5.21. The van der Waals surface area contributed by atoms with Gasteiger partial charge in [0.15, 0.2) is 11.4 Å². The number of nitrogens with zero attached hydrogens (tertiary/aromatic N) is 2. The van der Waals surface area contributed by atoms with Crippen LogP contribution >= 0.6 is 0 Å². The molecule has 1 amide bonds. The van der Waals surface area contributed by atoms with Crippen LogP contribution in [0.3, 0.4) is 0 Å². The number of carboxylic acids is 1. The topological polar surface area (TPSA) is 112 Å². The van der Waals surface area contributed by atoms with Crippen molar-refractivity contribution >= 4 is 22.6 Å². The van der Waals surface area contributed by atoms with Crippen molar-refractivity contribution in [3.05, 3.63) is 132 Å². The first-order valence-electron chi connectivity index (χ1n) is 13.1. The van der Waals surface area contributed by atoms with Crippen LogP contribution in [0.4, 0.5) is 0 Å². The third kappa shape index (κ3) is 7.06. The summed E-state index contributed by atoms with van der Waals surface area (Å²) in [5, 5.41) is 23.5. The minimum atomic E-state index is -1.20. The first kappa shape index (κ1) is 27.4. The van der Waals surface area contributed by atoms with Crippen molar-refractivity contribution in [1.82, 2.24) is 15.2 Å². The summed E-state index contributed by atoms with van der Waals surface area (Å²) in [4.78, 5) is 30.8. The molecule has 5 rings (SSSR count). The molecule has 0 aliphatic heterocycles. The predicted octanol–water partition coefficient (Wildman–Crippen LogP) is 5.75. The summed E-state index contributed by atoms with van der Waals surface area (Å²) >= 11 is 0. The minimum Gasteiger partial charge on any atom is -0.505 e.